The third-order valence-electron chi connectivity index (χ3n) is 17.9. The molecule has 0 bridgehead atoms. The van der Waals surface area contributed by atoms with E-state index < -0.39 is 0 Å². The highest BCUT2D eigenvalue weighted by atomic mass is 15.2. The van der Waals surface area contributed by atoms with Crippen molar-refractivity contribution in [3.8, 4) is 11.1 Å². The van der Waals surface area contributed by atoms with Gasteiger partial charge in [0.05, 0.1) is 5.69 Å². The number of hydrogen-bond acceptors (Lipinski definition) is 2. The molecule has 0 atom stereocenters. The van der Waals surface area contributed by atoms with E-state index in [4.69, 9.17) is 0 Å². The smallest absolute Gasteiger partial charge is 0.252 e. The summed E-state index contributed by atoms with van der Waals surface area (Å²) in [5.74, 6) is 0. The van der Waals surface area contributed by atoms with E-state index in [1.54, 1.807) is 0 Å². The molecule has 2 aliphatic heterocycles. The van der Waals surface area contributed by atoms with Gasteiger partial charge in [0.15, 0.2) is 0 Å². The third-order valence-corrected chi connectivity index (χ3v) is 17.9. The summed E-state index contributed by atoms with van der Waals surface area (Å²) < 4.78 is 0. The lowest BCUT2D eigenvalue weighted by molar-refractivity contribution is 0.332. The minimum atomic E-state index is -0.237. The maximum atomic E-state index is 2.70. The van der Waals surface area contributed by atoms with Crippen molar-refractivity contribution in [2.24, 2.45) is 0 Å². The van der Waals surface area contributed by atoms with Gasteiger partial charge in [-0.2, -0.15) is 0 Å². The molecule has 1 aliphatic carbocycles. The summed E-state index contributed by atoms with van der Waals surface area (Å²) in [5, 5.41) is 0. The molecule has 0 saturated heterocycles. The fourth-order valence-corrected chi connectivity index (χ4v) is 12.8. The zero-order valence-corrected chi connectivity index (χ0v) is 47.1. The van der Waals surface area contributed by atoms with Crippen LogP contribution in [0.5, 0.6) is 0 Å². The molecule has 0 N–H and O–H groups in total. The van der Waals surface area contributed by atoms with Gasteiger partial charge < -0.3 is 9.80 Å². The molecule has 2 nitrogen and oxygen atoms in total. The van der Waals surface area contributed by atoms with Gasteiger partial charge in [0.2, 0.25) is 0 Å². The maximum absolute atomic E-state index is 2.70. The van der Waals surface area contributed by atoms with Crippen LogP contribution in [0.1, 0.15) is 160 Å². The molecule has 0 saturated carbocycles. The third kappa shape index (κ3) is 8.16. The fourth-order valence-electron chi connectivity index (χ4n) is 12.8. The Morgan fingerprint density at radius 1 is 0.392 bits per heavy atom. The second kappa shape index (κ2) is 17.2. The minimum absolute atomic E-state index is 0.00387. The molecule has 0 aromatic heterocycles. The Balaban J connectivity index is 1.24. The molecule has 8 aromatic carbocycles. The Morgan fingerprint density at radius 3 is 1.46 bits per heavy atom. The SMILES string of the molecule is Cc1cc2c3c(c1)N(c1ccc(C(C)(C)C)cc1-c1cccc(C(C)(C)C)c1)c1cc4c(cc1B3c1cc(C(C)(C)c3ccccc3)ccc1N2c1ccc(C(C)(C)c2ccccc2)cc1)C(C)(C)CCC4(C)C. The van der Waals surface area contributed by atoms with E-state index in [-0.39, 0.29) is 39.2 Å². The molecular weight excluding hydrogens is 892 g/mol. The summed E-state index contributed by atoms with van der Waals surface area (Å²) in [7, 11) is 0. The fraction of sp³-hybridized carbons (Fsp3) is 0.324. The van der Waals surface area contributed by atoms with Crippen LogP contribution in [-0.4, -0.2) is 6.71 Å². The first-order valence-electron chi connectivity index (χ1n) is 27.4. The van der Waals surface area contributed by atoms with Gasteiger partial charge in [0.25, 0.3) is 6.71 Å². The van der Waals surface area contributed by atoms with E-state index >= 15 is 0 Å². The van der Waals surface area contributed by atoms with Gasteiger partial charge in [-0.15, -0.1) is 0 Å². The summed E-state index contributed by atoms with van der Waals surface area (Å²) in [5.41, 5.74) is 25.8. The van der Waals surface area contributed by atoms with E-state index in [1.807, 2.05) is 0 Å². The molecule has 0 fully saturated rings. The van der Waals surface area contributed by atoms with E-state index in [9.17, 15) is 0 Å². The van der Waals surface area contributed by atoms with Crippen molar-refractivity contribution < 1.29 is 0 Å². The zero-order chi connectivity index (χ0) is 52.5. The molecule has 2 heterocycles. The Bertz CT molecular complexity index is 3470. The van der Waals surface area contributed by atoms with Crippen molar-refractivity contribution >= 4 is 57.2 Å². The lowest BCUT2D eigenvalue weighted by atomic mass is 9.33. The molecule has 3 aliphatic rings. The lowest BCUT2D eigenvalue weighted by Gasteiger charge is -2.48. The van der Waals surface area contributed by atoms with Crippen LogP contribution in [0.15, 0.2) is 170 Å². The monoisotopic (exact) mass is 969 g/mol. The molecule has 0 amide bonds. The molecule has 11 rings (SSSR count). The summed E-state index contributed by atoms with van der Waals surface area (Å²) >= 11 is 0. The van der Waals surface area contributed by atoms with Gasteiger partial charge in [0.1, 0.15) is 0 Å². The van der Waals surface area contributed by atoms with Gasteiger partial charge in [-0.05, 0) is 162 Å². The van der Waals surface area contributed by atoms with E-state index in [2.05, 4.69) is 284 Å². The largest absolute Gasteiger partial charge is 0.311 e. The van der Waals surface area contributed by atoms with Crippen molar-refractivity contribution in [3.05, 3.63) is 220 Å². The normalized spacial score (nSPS) is 15.8. The highest BCUT2D eigenvalue weighted by Crippen LogP contribution is 2.52. The van der Waals surface area contributed by atoms with Crippen LogP contribution in [0.25, 0.3) is 11.1 Å². The average molecular weight is 969 g/mol. The predicted octanol–water partition coefficient (Wildman–Crippen LogP) is 17.3. The van der Waals surface area contributed by atoms with Crippen molar-refractivity contribution in [1.29, 1.82) is 0 Å². The molecule has 0 unspecified atom stereocenters. The molecular formula is C71H77BN2. The number of fused-ring (bicyclic) bond motifs is 5. The van der Waals surface area contributed by atoms with Gasteiger partial charge in [-0.3, -0.25) is 0 Å². The van der Waals surface area contributed by atoms with Crippen LogP contribution < -0.4 is 26.2 Å². The van der Waals surface area contributed by atoms with Crippen molar-refractivity contribution in [2.75, 3.05) is 9.80 Å². The Labute approximate surface area is 445 Å². The number of anilines is 6. The molecule has 0 spiro atoms. The van der Waals surface area contributed by atoms with Crippen LogP contribution in [0, 0.1) is 6.92 Å². The Kier molecular flexibility index (Phi) is 11.6. The topological polar surface area (TPSA) is 6.48 Å². The molecule has 3 heteroatoms. The van der Waals surface area contributed by atoms with Crippen molar-refractivity contribution in [3.63, 3.8) is 0 Å². The number of aryl methyl sites for hydroxylation is 1. The number of hydrogen-bond donors (Lipinski definition) is 0. The Hall–Kier alpha value is -6.58. The summed E-state index contributed by atoms with van der Waals surface area (Å²) in [4.78, 5) is 5.30. The van der Waals surface area contributed by atoms with Gasteiger partial charge in [-0.1, -0.05) is 218 Å². The maximum Gasteiger partial charge on any atom is 0.252 e. The van der Waals surface area contributed by atoms with Gasteiger partial charge >= 0.3 is 0 Å². The molecule has 8 aromatic rings. The highest BCUT2D eigenvalue weighted by molar-refractivity contribution is 7.00. The van der Waals surface area contributed by atoms with Gasteiger partial charge in [-0.25, -0.2) is 0 Å². The second-order valence-electron chi connectivity index (χ2n) is 26.7. The van der Waals surface area contributed by atoms with Crippen molar-refractivity contribution in [1.82, 2.24) is 0 Å². The summed E-state index contributed by atoms with van der Waals surface area (Å²) in [6, 6.07) is 66.1. The van der Waals surface area contributed by atoms with Crippen molar-refractivity contribution in [2.45, 2.75) is 149 Å². The lowest BCUT2D eigenvalue weighted by Crippen LogP contribution is -2.62. The number of rotatable bonds is 7. The second-order valence-corrected chi connectivity index (χ2v) is 26.7. The zero-order valence-electron chi connectivity index (χ0n) is 47.1. The van der Waals surface area contributed by atoms with Crippen LogP contribution >= 0.6 is 0 Å². The Morgan fingerprint density at radius 2 is 0.865 bits per heavy atom. The molecule has 74 heavy (non-hydrogen) atoms. The quantitative estimate of drug-likeness (QED) is 0.147. The first-order chi connectivity index (χ1) is 34.9. The minimum Gasteiger partial charge on any atom is -0.311 e. The number of benzene rings is 8. The molecule has 374 valence electrons. The van der Waals surface area contributed by atoms with E-state index in [0.717, 1.165) is 12.8 Å². The van der Waals surface area contributed by atoms with Crippen LogP contribution in [0.4, 0.5) is 34.1 Å². The summed E-state index contributed by atoms with van der Waals surface area (Å²) in [6.07, 6.45) is 2.30. The van der Waals surface area contributed by atoms with Crippen LogP contribution in [0.3, 0.4) is 0 Å². The molecule has 0 radical (unpaired) electrons. The number of nitrogens with zero attached hydrogens (tertiary/aromatic N) is 2. The first kappa shape index (κ1) is 49.6. The van der Waals surface area contributed by atoms with E-state index in [1.165, 1.54) is 112 Å². The standard InChI is InChI=1S/C71H77BN2/c1-46-39-63-65-64(40-46)74(60-35-31-52(67(5,6)7)42-55(60)47-23-22-28-51(41-47)66(2,3)4)62-45-57-56(68(8,9)37-38-69(57,10)11)44-59(62)72(65)58-43-53(71(14,15)49-26-20-17-21-27-49)32-36-61(58)73(63)54-33-29-50(30-34-54)70(12,13)48-24-18-16-19-25-48/h16-36,39-45H,37-38H2,1-15H3. The van der Waals surface area contributed by atoms with E-state index in [0.29, 0.717) is 0 Å². The predicted molar refractivity (Wildman–Crippen MR) is 320 cm³/mol. The summed E-state index contributed by atoms with van der Waals surface area (Å²) in [6.45, 7) is 35.8. The average Bonchev–Trinajstić information content (AvgIpc) is 3.38. The highest BCUT2D eigenvalue weighted by Gasteiger charge is 2.47. The van der Waals surface area contributed by atoms with Crippen LogP contribution in [-0.2, 0) is 32.5 Å². The van der Waals surface area contributed by atoms with Gasteiger partial charge in [0, 0.05) is 44.8 Å². The first-order valence-corrected chi connectivity index (χ1v) is 27.4. The van der Waals surface area contributed by atoms with Crippen LogP contribution in [0.2, 0.25) is 0 Å².